The average molecular weight is 284 g/mol. The van der Waals surface area contributed by atoms with Gasteiger partial charge in [-0.15, -0.1) is 0 Å². The Morgan fingerprint density at radius 3 is 2.37 bits per heavy atom. The first-order valence-corrected chi connectivity index (χ1v) is 9.65. The lowest BCUT2D eigenvalue weighted by Gasteiger charge is -2.21. The van der Waals surface area contributed by atoms with Crippen molar-refractivity contribution in [2.24, 2.45) is 4.99 Å². The van der Waals surface area contributed by atoms with Crippen molar-refractivity contribution < 1.29 is 8.85 Å². The second-order valence-electron chi connectivity index (χ2n) is 5.57. The lowest BCUT2D eigenvalue weighted by atomic mass is 10.1. The summed E-state index contributed by atoms with van der Waals surface area (Å²) in [5.41, 5.74) is 0. The van der Waals surface area contributed by atoms with Gasteiger partial charge in [-0.2, -0.15) is 0 Å². The summed E-state index contributed by atoms with van der Waals surface area (Å²) < 4.78 is 11.9. The summed E-state index contributed by atoms with van der Waals surface area (Å²) in [7, 11) is -1.10. The van der Waals surface area contributed by atoms with E-state index in [2.05, 4.69) is 31.6 Å². The third-order valence-corrected chi connectivity index (χ3v) is 4.93. The minimum absolute atomic E-state index is 0.283. The second-order valence-corrected chi connectivity index (χ2v) is 7.03. The van der Waals surface area contributed by atoms with Crippen molar-refractivity contribution in [3.05, 3.63) is 0 Å². The van der Waals surface area contributed by atoms with E-state index in [9.17, 15) is 0 Å². The standard InChI is InChI=1S/C15H30NO2Si/c1-14-10-7-5-4-6-8-12-16-13-9-11-15(2)18-19(3)17-14/h13-15H,4-12H2,1-3H3. The van der Waals surface area contributed by atoms with Crippen LogP contribution in [0.2, 0.25) is 6.55 Å². The van der Waals surface area contributed by atoms with Gasteiger partial charge in [0.05, 0.1) is 0 Å². The fraction of sp³-hybridized carbons (Fsp3) is 0.933. The van der Waals surface area contributed by atoms with Crippen LogP contribution in [0.3, 0.4) is 0 Å². The summed E-state index contributed by atoms with van der Waals surface area (Å²) >= 11 is 0. The first kappa shape index (κ1) is 16.9. The Bertz CT molecular complexity index is 248. The number of hydrogen-bond acceptors (Lipinski definition) is 3. The van der Waals surface area contributed by atoms with Crippen LogP contribution in [0.5, 0.6) is 0 Å². The third kappa shape index (κ3) is 9.36. The summed E-state index contributed by atoms with van der Waals surface area (Å²) in [6.07, 6.45) is 12.4. The van der Waals surface area contributed by atoms with Crippen LogP contribution >= 0.6 is 0 Å². The molecule has 19 heavy (non-hydrogen) atoms. The number of aliphatic imine (C=N–C) groups is 1. The normalized spacial score (nSPS) is 30.3. The molecule has 0 aromatic carbocycles. The Balaban J connectivity index is 2.36. The molecule has 2 atom stereocenters. The van der Waals surface area contributed by atoms with Crippen molar-refractivity contribution in [3.8, 4) is 0 Å². The van der Waals surface area contributed by atoms with Crippen LogP contribution in [0.4, 0.5) is 0 Å². The van der Waals surface area contributed by atoms with E-state index in [-0.39, 0.29) is 6.10 Å². The molecule has 1 heterocycles. The van der Waals surface area contributed by atoms with Gasteiger partial charge in [-0.05, 0) is 52.3 Å². The van der Waals surface area contributed by atoms with Crippen LogP contribution in [0.15, 0.2) is 4.99 Å². The first-order valence-electron chi connectivity index (χ1n) is 7.83. The van der Waals surface area contributed by atoms with Crippen LogP contribution < -0.4 is 0 Å². The highest BCUT2D eigenvalue weighted by Crippen LogP contribution is 2.12. The van der Waals surface area contributed by atoms with Gasteiger partial charge < -0.3 is 8.85 Å². The van der Waals surface area contributed by atoms with Crippen molar-refractivity contribution in [3.63, 3.8) is 0 Å². The number of nitrogens with zero attached hydrogens (tertiary/aromatic N) is 1. The Labute approximate surface area is 120 Å². The highest BCUT2D eigenvalue weighted by molar-refractivity contribution is 6.42. The Kier molecular flexibility index (Phi) is 9.39. The highest BCUT2D eigenvalue weighted by Gasteiger charge is 2.16. The summed E-state index contributed by atoms with van der Waals surface area (Å²) in [5.74, 6) is 0. The summed E-state index contributed by atoms with van der Waals surface area (Å²) in [6.45, 7) is 7.42. The van der Waals surface area contributed by atoms with Crippen molar-refractivity contribution in [2.75, 3.05) is 6.54 Å². The van der Waals surface area contributed by atoms with E-state index in [1.165, 1.54) is 32.1 Å². The Morgan fingerprint density at radius 1 is 0.947 bits per heavy atom. The average Bonchev–Trinajstić information content (AvgIpc) is 2.34. The predicted octanol–water partition coefficient (Wildman–Crippen LogP) is 4.12. The topological polar surface area (TPSA) is 30.8 Å². The molecule has 2 unspecified atom stereocenters. The molecule has 0 saturated carbocycles. The maximum atomic E-state index is 5.97. The molecule has 0 aromatic rings. The van der Waals surface area contributed by atoms with E-state index in [1.54, 1.807) is 0 Å². The van der Waals surface area contributed by atoms with Gasteiger partial charge in [0.15, 0.2) is 0 Å². The predicted molar refractivity (Wildman–Crippen MR) is 83.0 cm³/mol. The zero-order chi connectivity index (χ0) is 13.9. The van der Waals surface area contributed by atoms with Gasteiger partial charge in [0, 0.05) is 18.8 Å². The lowest BCUT2D eigenvalue weighted by Crippen LogP contribution is -2.28. The molecule has 0 saturated heterocycles. The van der Waals surface area contributed by atoms with Crippen LogP contribution in [0.25, 0.3) is 0 Å². The number of hydrogen-bond donors (Lipinski definition) is 0. The monoisotopic (exact) mass is 284 g/mol. The molecule has 1 radical (unpaired) electrons. The van der Waals surface area contributed by atoms with Gasteiger partial charge in [-0.1, -0.05) is 25.7 Å². The van der Waals surface area contributed by atoms with Crippen LogP contribution in [-0.2, 0) is 8.85 Å². The first-order chi connectivity index (χ1) is 9.18. The molecule has 0 spiro atoms. The molecule has 111 valence electrons. The molecular formula is C15H30NO2Si. The SMILES string of the molecule is CC1CCC=NCCCCCCCC(C)O[Si](C)O1. The molecule has 3 nitrogen and oxygen atoms in total. The van der Waals surface area contributed by atoms with Crippen molar-refractivity contribution >= 4 is 15.5 Å². The lowest BCUT2D eigenvalue weighted by molar-refractivity contribution is 0.110. The van der Waals surface area contributed by atoms with Crippen LogP contribution in [0.1, 0.15) is 65.2 Å². The van der Waals surface area contributed by atoms with Gasteiger partial charge >= 0.3 is 9.28 Å². The van der Waals surface area contributed by atoms with Crippen molar-refractivity contribution in [1.82, 2.24) is 0 Å². The van der Waals surface area contributed by atoms with Gasteiger partial charge in [0.25, 0.3) is 0 Å². The van der Waals surface area contributed by atoms with E-state index < -0.39 is 9.28 Å². The minimum Gasteiger partial charge on any atom is -0.391 e. The summed E-state index contributed by atoms with van der Waals surface area (Å²) in [4.78, 5) is 4.46. The smallest absolute Gasteiger partial charge is 0.381 e. The maximum Gasteiger partial charge on any atom is 0.381 e. The Hall–Kier alpha value is -0.193. The van der Waals surface area contributed by atoms with Gasteiger partial charge in [0.1, 0.15) is 0 Å². The van der Waals surface area contributed by atoms with E-state index in [1.807, 2.05) is 0 Å². The zero-order valence-corrected chi connectivity index (χ0v) is 13.9. The van der Waals surface area contributed by atoms with E-state index in [4.69, 9.17) is 8.85 Å². The fourth-order valence-electron chi connectivity index (χ4n) is 2.37. The van der Waals surface area contributed by atoms with E-state index in [0.717, 1.165) is 25.8 Å². The summed E-state index contributed by atoms with van der Waals surface area (Å²) in [6, 6.07) is 0. The van der Waals surface area contributed by atoms with E-state index in [0.29, 0.717) is 6.10 Å². The molecule has 0 amide bonds. The van der Waals surface area contributed by atoms with Crippen LogP contribution in [0, 0.1) is 0 Å². The molecule has 0 aliphatic carbocycles. The quantitative estimate of drug-likeness (QED) is 0.626. The fourth-order valence-corrected chi connectivity index (χ4v) is 3.79. The molecule has 1 rings (SSSR count). The molecule has 1 aliphatic heterocycles. The molecule has 0 N–H and O–H groups in total. The summed E-state index contributed by atoms with van der Waals surface area (Å²) in [5, 5.41) is 0. The van der Waals surface area contributed by atoms with Crippen molar-refractivity contribution in [2.45, 2.75) is 84.0 Å². The molecule has 0 aromatic heterocycles. The van der Waals surface area contributed by atoms with Gasteiger partial charge in [-0.3, -0.25) is 4.99 Å². The molecule has 0 fully saturated rings. The van der Waals surface area contributed by atoms with Gasteiger partial charge in [0.2, 0.25) is 0 Å². The molecule has 0 bridgehead atoms. The van der Waals surface area contributed by atoms with Crippen molar-refractivity contribution in [1.29, 1.82) is 0 Å². The minimum atomic E-state index is -1.10. The maximum absolute atomic E-state index is 5.97. The van der Waals surface area contributed by atoms with Crippen LogP contribution in [-0.4, -0.2) is 34.3 Å². The molecular weight excluding hydrogens is 254 g/mol. The van der Waals surface area contributed by atoms with E-state index >= 15 is 0 Å². The Morgan fingerprint density at radius 2 is 1.58 bits per heavy atom. The second kappa shape index (κ2) is 10.6. The highest BCUT2D eigenvalue weighted by atomic mass is 28.3. The van der Waals surface area contributed by atoms with Gasteiger partial charge in [-0.25, -0.2) is 0 Å². The molecule has 4 heteroatoms. The largest absolute Gasteiger partial charge is 0.391 e. The molecule has 1 aliphatic rings. The zero-order valence-electron chi connectivity index (χ0n) is 12.9. The third-order valence-electron chi connectivity index (χ3n) is 3.46. The number of rotatable bonds is 0.